The number of nitrogens with one attached hydrogen (secondary N) is 1. The molecule has 0 unspecified atom stereocenters. The van der Waals surface area contributed by atoms with Crippen molar-refractivity contribution in [3.05, 3.63) is 108 Å². The Morgan fingerprint density at radius 1 is 0.677 bits per heavy atom. The number of alkyl halides is 3. The van der Waals surface area contributed by atoms with Crippen LogP contribution < -0.4 is 15.0 Å². The number of carboxylic acid groups (broad SMARTS) is 1. The molecular formula is C43H51F3N6O8S2. The van der Waals surface area contributed by atoms with Crippen LogP contribution in [0.15, 0.2) is 91.0 Å². The van der Waals surface area contributed by atoms with E-state index < -0.39 is 44.2 Å². The van der Waals surface area contributed by atoms with Gasteiger partial charge in [-0.15, -0.1) is 13.2 Å². The number of piperazine rings is 2. The zero-order valence-electron chi connectivity index (χ0n) is 34.6. The van der Waals surface area contributed by atoms with Gasteiger partial charge in [0.25, 0.3) is 5.91 Å². The number of benzene rings is 4. The van der Waals surface area contributed by atoms with Gasteiger partial charge in [0, 0.05) is 82.3 Å². The summed E-state index contributed by atoms with van der Waals surface area (Å²) in [6.45, 7) is 8.73. The summed E-state index contributed by atoms with van der Waals surface area (Å²) in [5, 5.41) is 13.1. The number of amides is 2. The van der Waals surface area contributed by atoms with E-state index in [1.165, 1.54) is 40.7 Å². The minimum absolute atomic E-state index is 0.0478. The largest absolute Gasteiger partial charge is 0.573 e. The topological polar surface area (TPSA) is 160 Å². The zero-order valence-corrected chi connectivity index (χ0v) is 36.2. The molecule has 2 amide bonds. The molecule has 4 aromatic carbocycles. The van der Waals surface area contributed by atoms with Crippen LogP contribution in [0.5, 0.6) is 5.75 Å². The summed E-state index contributed by atoms with van der Waals surface area (Å²) in [5.41, 5.74) is 3.06. The lowest BCUT2D eigenvalue weighted by Gasteiger charge is -2.34. The van der Waals surface area contributed by atoms with Crippen LogP contribution in [0, 0.1) is 0 Å². The predicted molar refractivity (Wildman–Crippen MR) is 231 cm³/mol. The second-order valence-electron chi connectivity index (χ2n) is 15.2. The number of nitrogens with zero attached hydrogens (tertiary/aromatic N) is 5. The maximum absolute atomic E-state index is 13.6. The highest BCUT2D eigenvalue weighted by Gasteiger charge is 2.33. The fourth-order valence-electron chi connectivity index (χ4n) is 7.54. The van der Waals surface area contributed by atoms with E-state index in [4.69, 9.17) is 0 Å². The molecule has 2 aliphatic rings. The summed E-state index contributed by atoms with van der Waals surface area (Å²) < 4.78 is 97.8. The van der Waals surface area contributed by atoms with Crippen molar-refractivity contribution in [2.24, 2.45) is 0 Å². The van der Waals surface area contributed by atoms with Gasteiger partial charge in [0.1, 0.15) is 5.75 Å². The van der Waals surface area contributed by atoms with Gasteiger partial charge in [-0.3, -0.25) is 14.6 Å². The molecule has 0 bridgehead atoms. The Labute approximate surface area is 360 Å². The molecule has 0 atom stereocenters. The number of anilines is 3. The lowest BCUT2D eigenvalue weighted by Crippen LogP contribution is -2.48. The molecule has 0 spiro atoms. The fourth-order valence-corrected chi connectivity index (χ4v) is 10.5. The third-order valence-corrected chi connectivity index (χ3v) is 14.8. The number of carbonyl (C=O) groups is 2. The third-order valence-electron chi connectivity index (χ3n) is 10.7. The van der Waals surface area contributed by atoms with Crippen molar-refractivity contribution in [1.29, 1.82) is 0 Å². The summed E-state index contributed by atoms with van der Waals surface area (Å²) >= 11 is 0. The lowest BCUT2D eigenvalue weighted by molar-refractivity contribution is -0.274. The average Bonchev–Trinajstić information content (AvgIpc) is 3.22. The highest BCUT2D eigenvalue weighted by Crippen LogP contribution is 2.39. The van der Waals surface area contributed by atoms with Gasteiger partial charge in [-0.1, -0.05) is 50.2 Å². The normalized spacial score (nSPS) is 16.2. The van der Waals surface area contributed by atoms with Gasteiger partial charge in [-0.2, -0.15) is 8.61 Å². The summed E-state index contributed by atoms with van der Waals surface area (Å²) in [5.74, 6) is -0.778. The van der Waals surface area contributed by atoms with Gasteiger partial charge in [0.15, 0.2) is 0 Å². The highest BCUT2D eigenvalue weighted by molar-refractivity contribution is 7.89. The van der Waals surface area contributed by atoms with Gasteiger partial charge >= 0.3 is 12.5 Å². The number of rotatable bonds is 16. The summed E-state index contributed by atoms with van der Waals surface area (Å²) in [4.78, 5) is 31.1. The maximum atomic E-state index is 13.6. The van der Waals surface area contributed by atoms with E-state index in [-0.39, 0.29) is 39.6 Å². The summed E-state index contributed by atoms with van der Waals surface area (Å²) in [6, 6.07) is 23.3. The molecule has 334 valence electrons. The van der Waals surface area contributed by atoms with Gasteiger partial charge in [0.05, 0.1) is 22.9 Å². The number of ether oxygens (including phenoxy) is 1. The van der Waals surface area contributed by atoms with Crippen molar-refractivity contribution in [3.8, 4) is 16.9 Å². The molecule has 2 saturated heterocycles. The molecule has 2 aliphatic heterocycles. The number of hydrogen-bond donors (Lipinski definition) is 2. The van der Waals surface area contributed by atoms with Crippen LogP contribution in [0.4, 0.5) is 35.0 Å². The molecule has 62 heavy (non-hydrogen) atoms. The Morgan fingerprint density at radius 3 is 1.60 bits per heavy atom. The van der Waals surface area contributed by atoms with Crippen molar-refractivity contribution >= 4 is 49.1 Å². The maximum Gasteiger partial charge on any atom is 0.573 e. The lowest BCUT2D eigenvalue weighted by atomic mass is 10.0. The molecule has 0 radical (unpaired) electrons. The van der Waals surface area contributed by atoms with Crippen LogP contribution in [0.1, 0.15) is 48.2 Å². The smallest absolute Gasteiger partial charge is 0.464 e. The molecule has 19 heteroatoms. The fraction of sp³-hybridized carbons (Fsp3) is 0.395. The van der Waals surface area contributed by atoms with E-state index in [1.54, 1.807) is 40.7 Å². The Hall–Kier alpha value is -5.05. The van der Waals surface area contributed by atoms with Crippen LogP contribution in [-0.4, -0.2) is 123 Å². The predicted octanol–water partition coefficient (Wildman–Crippen LogP) is 7.04. The van der Waals surface area contributed by atoms with E-state index >= 15 is 0 Å². The standard InChI is InChI=1S/C43H51F3N6O8S2/c1-3-27-61(56,57)50-23-19-48(20-24-50)30-32-5-13-36(14-6-32)47-41(53)35-11-9-34(10-12-35)39-29-38(17-18-40(39)60-43(44,45)46)52(42(54)55)37-15-7-33(8-16-37)31-49-21-25-51(26-22-49)62(58,59)28-4-2/h5-18,29H,3-4,19-28,30-31H2,1-2H3,(H,47,53)(H,54,55). The van der Waals surface area contributed by atoms with Crippen molar-refractivity contribution in [3.63, 3.8) is 0 Å². The Balaban J connectivity index is 1.11. The molecule has 2 heterocycles. The Bertz CT molecular complexity index is 2390. The number of carbonyl (C=O) groups excluding carboxylic acids is 1. The Morgan fingerprint density at radius 2 is 1.15 bits per heavy atom. The van der Waals surface area contributed by atoms with Crippen LogP contribution >= 0.6 is 0 Å². The van der Waals surface area contributed by atoms with E-state index in [9.17, 15) is 44.7 Å². The van der Waals surface area contributed by atoms with Gasteiger partial charge in [-0.05, 0) is 84.1 Å². The number of sulfonamides is 2. The number of hydrogen-bond acceptors (Lipinski definition) is 9. The molecule has 2 fully saturated rings. The van der Waals surface area contributed by atoms with E-state index in [0.29, 0.717) is 84.0 Å². The minimum atomic E-state index is -5.04. The van der Waals surface area contributed by atoms with Crippen molar-refractivity contribution in [2.45, 2.75) is 46.1 Å². The molecule has 2 N–H and O–H groups in total. The average molecular weight is 901 g/mol. The van der Waals surface area contributed by atoms with Gasteiger partial charge in [0.2, 0.25) is 20.0 Å². The second kappa shape index (κ2) is 20.0. The quantitative estimate of drug-likeness (QED) is 0.120. The van der Waals surface area contributed by atoms with Crippen LogP contribution in [0.3, 0.4) is 0 Å². The molecular weight excluding hydrogens is 850 g/mol. The zero-order chi connectivity index (χ0) is 44.7. The second-order valence-corrected chi connectivity index (χ2v) is 19.4. The molecule has 14 nitrogen and oxygen atoms in total. The first kappa shape index (κ1) is 46.5. The molecule has 0 aromatic heterocycles. The summed E-state index contributed by atoms with van der Waals surface area (Å²) in [6.07, 6.45) is -5.31. The van der Waals surface area contributed by atoms with Gasteiger partial charge < -0.3 is 15.2 Å². The molecule has 6 rings (SSSR count). The van der Waals surface area contributed by atoms with E-state index in [2.05, 4.69) is 19.9 Å². The first-order valence-electron chi connectivity index (χ1n) is 20.4. The Kier molecular flexibility index (Phi) is 15.0. The SMILES string of the molecule is CCCS(=O)(=O)N1CCN(Cc2ccc(NC(=O)c3ccc(-c4cc(N(C(=O)O)c5ccc(CN6CCN(S(=O)(=O)CCC)CC6)cc5)ccc4OC(F)(F)F)cc3)cc2)CC1. The van der Waals surface area contributed by atoms with Crippen LogP contribution in [0.2, 0.25) is 0 Å². The van der Waals surface area contributed by atoms with Crippen LogP contribution in [-0.2, 0) is 33.1 Å². The van der Waals surface area contributed by atoms with Crippen molar-refractivity contribution < 1.29 is 49.4 Å². The molecule has 0 saturated carbocycles. The number of halogens is 3. The van der Waals surface area contributed by atoms with Crippen molar-refractivity contribution in [2.75, 3.05) is 74.1 Å². The molecule has 4 aromatic rings. The first-order valence-corrected chi connectivity index (χ1v) is 23.6. The minimum Gasteiger partial charge on any atom is -0.464 e. The van der Waals surface area contributed by atoms with E-state index in [1.807, 2.05) is 26.0 Å². The van der Waals surface area contributed by atoms with Crippen LogP contribution in [0.25, 0.3) is 11.1 Å². The first-order chi connectivity index (χ1) is 29.4. The monoisotopic (exact) mass is 900 g/mol. The summed E-state index contributed by atoms with van der Waals surface area (Å²) in [7, 11) is -6.52. The van der Waals surface area contributed by atoms with E-state index in [0.717, 1.165) is 22.1 Å². The van der Waals surface area contributed by atoms with Gasteiger partial charge in [-0.25, -0.2) is 26.5 Å². The highest BCUT2D eigenvalue weighted by atomic mass is 32.2. The molecule has 0 aliphatic carbocycles. The third kappa shape index (κ3) is 12.1. The van der Waals surface area contributed by atoms with Crippen molar-refractivity contribution in [1.82, 2.24) is 18.4 Å².